The number of anilines is 1. The van der Waals surface area contributed by atoms with Gasteiger partial charge < -0.3 is 24.4 Å². The van der Waals surface area contributed by atoms with Crippen molar-refractivity contribution in [3.05, 3.63) is 82.9 Å². The van der Waals surface area contributed by atoms with Crippen molar-refractivity contribution in [2.24, 2.45) is 5.92 Å². The molecule has 184 valence electrons. The topological polar surface area (TPSA) is 77.1 Å². The van der Waals surface area contributed by atoms with Gasteiger partial charge in [-0.1, -0.05) is 48.0 Å². The Bertz CT molecular complexity index is 1390. The summed E-state index contributed by atoms with van der Waals surface area (Å²) in [4.78, 5) is 30.4. The number of ether oxygens (including phenoxy) is 3. The maximum atomic E-state index is 14.5. The maximum absolute atomic E-state index is 14.5. The van der Waals surface area contributed by atoms with Crippen LogP contribution in [0.25, 0.3) is 0 Å². The SMILES string of the molecule is COc1cc2c(cc1OC)C(=O)N1[C@H]3c4cc(C)ccc4OC[C@@H]3[C@H](c3ccccc3)[C@]1(C)C(=O)N2. The Morgan fingerprint density at radius 3 is 2.44 bits per heavy atom. The first-order valence-corrected chi connectivity index (χ1v) is 12.1. The zero-order valence-corrected chi connectivity index (χ0v) is 20.7. The van der Waals surface area contributed by atoms with Crippen LogP contribution in [0.1, 0.15) is 45.9 Å². The minimum Gasteiger partial charge on any atom is -0.493 e. The molecule has 36 heavy (non-hydrogen) atoms. The van der Waals surface area contributed by atoms with Crippen LogP contribution in [0.15, 0.2) is 60.7 Å². The highest BCUT2D eigenvalue weighted by Gasteiger charge is 2.65. The van der Waals surface area contributed by atoms with Gasteiger partial charge in [0.2, 0.25) is 0 Å². The van der Waals surface area contributed by atoms with Crippen molar-refractivity contribution in [1.29, 1.82) is 0 Å². The van der Waals surface area contributed by atoms with Gasteiger partial charge in [0, 0.05) is 23.5 Å². The minimum atomic E-state index is -1.16. The van der Waals surface area contributed by atoms with Crippen LogP contribution in [0.3, 0.4) is 0 Å². The average Bonchev–Trinajstić information content (AvgIpc) is 3.14. The van der Waals surface area contributed by atoms with Gasteiger partial charge in [0.05, 0.1) is 38.1 Å². The van der Waals surface area contributed by atoms with Crippen molar-refractivity contribution in [1.82, 2.24) is 4.90 Å². The molecule has 6 rings (SSSR count). The highest BCUT2D eigenvalue weighted by molar-refractivity contribution is 6.13. The van der Waals surface area contributed by atoms with E-state index in [1.807, 2.05) is 56.3 Å². The Kier molecular flexibility index (Phi) is 5.00. The third kappa shape index (κ3) is 2.98. The molecule has 0 saturated carbocycles. The van der Waals surface area contributed by atoms with Crippen LogP contribution in [0, 0.1) is 12.8 Å². The van der Waals surface area contributed by atoms with Crippen molar-refractivity contribution in [3.63, 3.8) is 0 Å². The standard InChI is InChI=1S/C29H28N2O5/c1-16-10-11-22-19(12-16)26-20(15-36-22)25(17-8-6-5-7-9-17)29(2)28(33)30-21-14-24(35-4)23(34-3)13-18(21)27(32)31(26)29/h5-14,20,25-26H,15H2,1-4H3,(H,30,33)/t20-,25+,26+,29-/m1/s1. The first-order valence-electron chi connectivity index (χ1n) is 12.1. The highest BCUT2D eigenvalue weighted by Crippen LogP contribution is 2.60. The molecule has 1 N–H and O–H groups in total. The second-order valence-corrected chi connectivity index (χ2v) is 9.88. The fourth-order valence-electron chi connectivity index (χ4n) is 6.36. The summed E-state index contributed by atoms with van der Waals surface area (Å²) in [7, 11) is 3.06. The van der Waals surface area contributed by atoms with E-state index in [1.165, 1.54) is 14.2 Å². The molecule has 0 spiro atoms. The number of carbonyl (C=O) groups excluding carboxylic acids is 2. The second kappa shape index (κ2) is 8.01. The molecule has 0 aliphatic carbocycles. The van der Waals surface area contributed by atoms with E-state index in [0.29, 0.717) is 29.4 Å². The van der Waals surface area contributed by atoms with Gasteiger partial charge in [-0.2, -0.15) is 0 Å². The molecule has 1 fully saturated rings. The summed E-state index contributed by atoms with van der Waals surface area (Å²) < 4.78 is 17.2. The van der Waals surface area contributed by atoms with Gasteiger partial charge in [0.1, 0.15) is 11.3 Å². The molecule has 3 aliphatic rings. The van der Waals surface area contributed by atoms with Crippen molar-refractivity contribution >= 4 is 17.5 Å². The van der Waals surface area contributed by atoms with E-state index in [1.54, 1.807) is 17.0 Å². The monoisotopic (exact) mass is 484 g/mol. The molecule has 7 heteroatoms. The summed E-state index contributed by atoms with van der Waals surface area (Å²) in [6, 6.07) is 19.0. The number of fused-ring (bicyclic) bond motifs is 6. The van der Waals surface area contributed by atoms with Crippen molar-refractivity contribution in [2.75, 3.05) is 26.1 Å². The minimum absolute atomic E-state index is 0.108. The van der Waals surface area contributed by atoms with E-state index in [0.717, 1.165) is 22.4 Å². The van der Waals surface area contributed by atoms with E-state index in [4.69, 9.17) is 14.2 Å². The van der Waals surface area contributed by atoms with Crippen LogP contribution in [0.4, 0.5) is 5.69 Å². The number of nitrogens with zero attached hydrogens (tertiary/aromatic N) is 1. The molecule has 0 radical (unpaired) electrons. The second-order valence-electron chi connectivity index (χ2n) is 9.88. The summed E-state index contributed by atoms with van der Waals surface area (Å²) in [5, 5.41) is 3.06. The lowest BCUT2D eigenvalue weighted by Crippen LogP contribution is -2.54. The van der Waals surface area contributed by atoms with Gasteiger partial charge in [-0.05, 0) is 31.5 Å². The molecular formula is C29H28N2O5. The molecule has 0 unspecified atom stereocenters. The van der Waals surface area contributed by atoms with Crippen LogP contribution in [0.2, 0.25) is 0 Å². The number of methoxy groups -OCH3 is 2. The zero-order chi connectivity index (χ0) is 25.2. The average molecular weight is 485 g/mol. The van der Waals surface area contributed by atoms with E-state index in [9.17, 15) is 9.59 Å². The maximum Gasteiger partial charge on any atom is 0.257 e. The van der Waals surface area contributed by atoms with Crippen LogP contribution >= 0.6 is 0 Å². The van der Waals surface area contributed by atoms with Crippen molar-refractivity contribution in [2.45, 2.75) is 31.3 Å². The Labute approximate surface area is 210 Å². The van der Waals surface area contributed by atoms with E-state index in [2.05, 4.69) is 11.4 Å². The van der Waals surface area contributed by atoms with Crippen LogP contribution in [-0.4, -0.2) is 43.1 Å². The van der Waals surface area contributed by atoms with Crippen molar-refractivity contribution < 1.29 is 23.8 Å². The summed E-state index contributed by atoms with van der Waals surface area (Å²) >= 11 is 0. The predicted octanol–water partition coefficient (Wildman–Crippen LogP) is 4.71. The van der Waals surface area contributed by atoms with Crippen LogP contribution < -0.4 is 19.5 Å². The lowest BCUT2D eigenvalue weighted by atomic mass is 9.73. The molecule has 3 heterocycles. The largest absolute Gasteiger partial charge is 0.493 e. The van der Waals surface area contributed by atoms with Crippen molar-refractivity contribution in [3.8, 4) is 17.2 Å². The fourth-order valence-corrected chi connectivity index (χ4v) is 6.36. The van der Waals surface area contributed by atoms with Gasteiger partial charge in [0.15, 0.2) is 11.5 Å². The molecule has 1 saturated heterocycles. The first-order chi connectivity index (χ1) is 17.4. The number of nitrogens with one attached hydrogen (secondary N) is 1. The van der Waals surface area contributed by atoms with Gasteiger partial charge >= 0.3 is 0 Å². The van der Waals surface area contributed by atoms with Crippen LogP contribution in [-0.2, 0) is 4.79 Å². The van der Waals surface area contributed by atoms with Gasteiger partial charge in [-0.3, -0.25) is 9.59 Å². The molecular weight excluding hydrogens is 456 g/mol. The first kappa shape index (κ1) is 22.5. The zero-order valence-electron chi connectivity index (χ0n) is 20.7. The Balaban J connectivity index is 1.62. The predicted molar refractivity (Wildman–Crippen MR) is 135 cm³/mol. The number of carbonyl (C=O) groups is 2. The fraction of sp³-hybridized carbons (Fsp3) is 0.310. The van der Waals surface area contributed by atoms with E-state index >= 15 is 0 Å². The van der Waals surface area contributed by atoms with E-state index < -0.39 is 5.54 Å². The molecule has 0 aromatic heterocycles. The number of amides is 2. The van der Waals surface area contributed by atoms with Crippen LogP contribution in [0.5, 0.6) is 17.2 Å². The van der Waals surface area contributed by atoms with Gasteiger partial charge in [-0.25, -0.2) is 0 Å². The number of benzene rings is 3. The summed E-state index contributed by atoms with van der Waals surface area (Å²) in [6.07, 6.45) is 0. The summed E-state index contributed by atoms with van der Waals surface area (Å²) in [5.41, 5.74) is 2.63. The Hall–Kier alpha value is -4.00. The Morgan fingerprint density at radius 2 is 1.72 bits per heavy atom. The third-order valence-corrected chi connectivity index (χ3v) is 7.97. The highest BCUT2D eigenvalue weighted by atomic mass is 16.5. The van der Waals surface area contributed by atoms with Gasteiger partial charge in [0.25, 0.3) is 11.8 Å². The smallest absolute Gasteiger partial charge is 0.257 e. The number of hydrogen-bond acceptors (Lipinski definition) is 5. The summed E-state index contributed by atoms with van der Waals surface area (Å²) in [5.74, 6) is 0.779. The molecule has 3 aliphatic heterocycles. The Morgan fingerprint density at radius 1 is 1.00 bits per heavy atom. The quantitative estimate of drug-likeness (QED) is 0.583. The molecule has 4 atom stereocenters. The molecule has 3 aromatic carbocycles. The molecule has 2 amide bonds. The summed E-state index contributed by atoms with van der Waals surface area (Å²) in [6.45, 7) is 4.31. The number of aryl methyl sites for hydroxylation is 1. The van der Waals surface area contributed by atoms with Gasteiger partial charge in [-0.15, -0.1) is 0 Å². The molecule has 7 nitrogen and oxygen atoms in total. The normalized spacial score (nSPS) is 26.0. The lowest BCUT2D eigenvalue weighted by Gasteiger charge is -2.38. The van der Waals surface area contributed by atoms with E-state index in [-0.39, 0.29) is 29.7 Å². The third-order valence-electron chi connectivity index (χ3n) is 7.97. The molecule has 3 aromatic rings. The number of hydrogen-bond donors (Lipinski definition) is 1. The number of rotatable bonds is 3. The molecule has 0 bridgehead atoms. The lowest BCUT2D eigenvalue weighted by molar-refractivity contribution is -0.125.